The average molecular weight is 536 g/mol. The Balaban J connectivity index is 1.06. The maximum atomic E-state index is 12.7. The molecule has 2 N–H and O–H groups in total. The first-order chi connectivity index (χ1) is 18.5. The SMILES string of the molecule is CC1CCN(Cc2ccc(C(=O)Nc3ccc(OC(=O)N4CCC(Sc5ncn[nH]5)CC4)nc3)cc2)CC1. The molecule has 2 fully saturated rings. The van der Waals surface area contributed by atoms with Crippen LogP contribution in [0.2, 0.25) is 0 Å². The second kappa shape index (κ2) is 12.4. The zero-order valence-electron chi connectivity index (χ0n) is 21.5. The molecule has 2 aliphatic rings. The van der Waals surface area contributed by atoms with Crippen LogP contribution in [0.4, 0.5) is 10.5 Å². The predicted octanol–water partition coefficient (Wildman–Crippen LogP) is 4.44. The standard InChI is InChI=1S/C27H33N7O3S/c1-19-8-12-33(13-9-19)17-20-2-4-21(5-3-20)25(35)31-22-6-7-24(28-16-22)37-27(36)34-14-10-23(11-15-34)38-26-29-18-30-32-26/h2-7,16,18-19,23H,8-15,17H2,1H3,(H,31,35)(H,29,30,32). The van der Waals surface area contributed by atoms with Crippen LogP contribution in [-0.2, 0) is 6.54 Å². The highest BCUT2D eigenvalue weighted by molar-refractivity contribution is 7.99. The van der Waals surface area contributed by atoms with Crippen LogP contribution in [0.15, 0.2) is 54.1 Å². The normalized spacial score (nSPS) is 17.3. The van der Waals surface area contributed by atoms with E-state index in [-0.39, 0.29) is 11.8 Å². The summed E-state index contributed by atoms with van der Waals surface area (Å²) in [5, 5.41) is 10.7. The van der Waals surface area contributed by atoms with Crippen molar-refractivity contribution in [1.29, 1.82) is 0 Å². The lowest BCUT2D eigenvalue weighted by Gasteiger charge is -2.30. The fourth-order valence-electron chi connectivity index (χ4n) is 4.68. The third-order valence-corrected chi connectivity index (χ3v) is 8.28. The van der Waals surface area contributed by atoms with Gasteiger partial charge in [-0.2, -0.15) is 5.10 Å². The molecule has 2 saturated heterocycles. The number of carbonyl (C=O) groups excluding carboxylic acids is 2. The van der Waals surface area contributed by atoms with Gasteiger partial charge in [0.2, 0.25) is 5.88 Å². The lowest BCUT2D eigenvalue weighted by atomic mass is 9.99. The van der Waals surface area contributed by atoms with Crippen LogP contribution in [0.1, 0.15) is 48.5 Å². The summed E-state index contributed by atoms with van der Waals surface area (Å²) in [4.78, 5) is 37.7. The number of hydrogen-bond donors (Lipinski definition) is 2. The van der Waals surface area contributed by atoms with Gasteiger partial charge in [0, 0.05) is 36.5 Å². The van der Waals surface area contributed by atoms with Crippen LogP contribution < -0.4 is 10.1 Å². The highest BCUT2D eigenvalue weighted by Gasteiger charge is 2.25. The number of nitrogens with one attached hydrogen (secondary N) is 2. The van der Waals surface area contributed by atoms with E-state index in [1.165, 1.54) is 30.9 Å². The summed E-state index contributed by atoms with van der Waals surface area (Å²) in [5.41, 5.74) is 2.33. The third kappa shape index (κ3) is 7.11. The molecule has 5 rings (SSSR count). The number of amides is 2. The van der Waals surface area contributed by atoms with E-state index >= 15 is 0 Å². The third-order valence-electron chi connectivity index (χ3n) is 7.06. The molecule has 2 aliphatic heterocycles. The number of piperidine rings is 2. The number of aromatic nitrogens is 4. The Labute approximate surface area is 226 Å². The zero-order valence-corrected chi connectivity index (χ0v) is 22.3. The van der Waals surface area contributed by atoms with Crippen molar-refractivity contribution in [3.8, 4) is 5.88 Å². The topological polar surface area (TPSA) is 116 Å². The number of nitrogens with zero attached hydrogens (tertiary/aromatic N) is 5. The number of H-pyrrole nitrogens is 1. The van der Waals surface area contributed by atoms with E-state index in [4.69, 9.17) is 4.74 Å². The fourth-order valence-corrected chi connectivity index (χ4v) is 5.65. The molecular formula is C27H33N7O3S. The van der Waals surface area contributed by atoms with Gasteiger partial charge in [0.25, 0.3) is 5.91 Å². The summed E-state index contributed by atoms with van der Waals surface area (Å²) in [6.07, 6.45) is 6.75. The molecular weight excluding hydrogens is 502 g/mol. The van der Waals surface area contributed by atoms with Crippen LogP contribution in [0.25, 0.3) is 0 Å². The summed E-state index contributed by atoms with van der Waals surface area (Å²) in [5.74, 6) is 0.801. The molecule has 3 aromatic rings. The Morgan fingerprint density at radius 1 is 1.03 bits per heavy atom. The molecule has 1 aromatic carbocycles. The Kier molecular flexibility index (Phi) is 8.54. The van der Waals surface area contributed by atoms with Crippen molar-refractivity contribution in [1.82, 2.24) is 30.0 Å². The van der Waals surface area contributed by atoms with Crippen molar-refractivity contribution in [3.05, 3.63) is 60.0 Å². The van der Waals surface area contributed by atoms with Crippen LogP contribution in [0, 0.1) is 5.92 Å². The van der Waals surface area contributed by atoms with Gasteiger partial charge in [0.1, 0.15) is 6.33 Å². The Bertz CT molecular complexity index is 1190. The first-order valence-electron chi connectivity index (χ1n) is 13.1. The van der Waals surface area contributed by atoms with Gasteiger partial charge in [-0.1, -0.05) is 30.8 Å². The van der Waals surface area contributed by atoms with Crippen molar-refractivity contribution in [2.45, 2.75) is 49.6 Å². The summed E-state index contributed by atoms with van der Waals surface area (Å²) in [7, 11) is 0. The van der Waals surface area contributed by atoms with Gasteiger partial charge < -0.3 is 15.0 Å². The number of likely N-dealkylation sites (tertiary alicyclic amines) is 2. The number of anilines is 1. The molecule has 2 aromatic heterocycles. The molecule has 0 saturated carbocycles. The van der Waals surface area contributed by atoms with Crippen molar-refractivity contribution < 1.29 is 14.3 Å². The molecule has 4 heterocycles. The first kappa shape index (κ1) is 26.2. The number of ether oxygens (including phenoxy) is 1. The van der Waals surface area contributed by atoms with Gasteiger partial charge in [-0.25, -0.2) is 14.8 Å². The highest BCUT2D eigenvalue weighted by atomic mass is 32.2. The van der Waals surface area contributed by atoms with Gasteiger partial charge in [-0.15, -0.1) is 0 Å². The van der Waals surface area contributed by atoms with Crippen molar-refractivity contribution in [2.75, 3.05) is 31.5 Å². The molecule has 200 valence electrons. The fraction of sp³-hybridized carbons (Fsp3) is 0.444. The van der Waals surface area contributed by atoms with Crippen LogP contribution >= 0.6 is 11.8 Å². The Morgan fingerprint density at radius 2 is 1.79 bits per heavy atom. The van der Waals surface area contributed by atoms with Crippen LogP contribution in [0.3, 0.4) is 0 Å². The van der Waals surface area contributed by atoms with Crippen LogP contribution in [0.5, 0.6) is 5.88 Å². The Hall–Kier alpha value is -3.44. The van der Waals surface area contributed by atoms with E-state index in [1.807, 2.05) is 24.3 Å². The molecule has 2 amide bonds. The van der Waals surface area contributed by atoms with Gasteiger partial charge in [0.15, 0.2) is 5.16 Å². The number of aromatic amines is 1. The van der Waals surface area contributed by atoms with E-state index in [0.717, 1.165) is 43.6 Å². The number of pyridine rings is 1. The Morgan fingerprint density at radius 3 is 2.45 bits per heavy atom. The van der Waals surface area contributed by atoms with Gasteiger partial charge in [-0.3, -0.25) is 14.8 Å². The monoisotopic (exact) mass is 535 g/mol. The largest absolute Gasteiger partial charge is 0.416 e. The lowest BCUT2D eigenvalue weighted by Crippen LogP contribution is -2.41. The molecule has 0 atom stereocenters. The zero-order chi connectivity index (χ0) is 26.3. The minimum absolute atomic E-state index is 0.197. The second-order valence-electron chi connectivity index (χ2n) is 9.96. The molecule has 0 aliphatic carbocycles. The van der Waals surface area contributed by atoms with Crippen LogP contribution in [-0.4, -0.2) is 73.4 Å². The van der Waals surface area contributed by atoms with E-state index in [1.54, 1.807) is 28.8 Å². The van der Waals surface area contributed by atoms with E-state index in [9.17, 15) is 9.59 Å². The summed E-state index contributed by atoms with van der Waals surface area (Å²) < 4.78 is 5.44. The van der Waals surface area contributed by atoms with E-state index in [2.05, 4.69) is 37.3 Å². The number of benzene rings is 1. The summed E-state index contributed by atoms with van der Waals surface area (Å²) >= 11 is 1.64. The summed E-state index contributed by atoms with van der Waals surface area (Å²) in [6.45, 7) is 6.70. The average Bonchev–Trinajstić information content (AvgIpc) is 3.45. The number of rotatable bonds is 7. The molecule has 0 radical (unpaired) electrons. The highest BCUT2D eigenvalue weighted by Crippen LogP contribution is 2.28. The number of hydrogen-bond acceptors (Lipinski definition) is 8. The van der Waals surface area contributed by atoms with Gasteiger partial charge in [0.05, 0.1) is 11.9 Å². The molecule has 0 spiro atoms. The number of carbonyl (C=O) groups is 2. The van der Waals surface area contributed by atoms with Gasteiger partial charge in [-0.05, 0) is 68.5 Å². The number of thioether (sulfide) groups is 1. The predicted molar refractivity (Wildman–Crippen MR) is 145 cm³/mol. The van der Waals surface area contributed by atoms with Crippen molar-refractivity contribution >= 4 is 29.4 Å². The van der Waals surface area contributed by atoms with Gasteiger partial charge >= 0.3 is 6.09 Å². The molecule has 38 heavy (non-hydrogen) atoms. The van der Waals surface area contributed by atoms with E-state index < -0.39 is 6.09 Å². The first-order valence-corrected chi connectivity index (χ1v) is 14.0. The maximum absolute atomic E-state index is 12.7. The maximum Gasteiger partial charge on any atom is 0.416 e. The van der Waals surface area contributed by atoms with E-state index in [0.29, 0.717) is 29.6 Å². The van der Waals surface area contributed by atoms with Crippen molar-refractivity contribution in [2.24, 2.45) is 5.92 Å². The minimum atomic E-state index is -0.420. The molecule has 0 bridgehead atoms. The lowest BCUT2D eigenvalue weighted by molar-refractivity contribution is 0.102. The van der Waals surface area contributed by atoms with Crippen molar-refractivity contribution in [3.63, 3.8) is 0 Å². The summed E-state index contributed by atoms with van der Waals surface area (Å²) in [6, 6.07) is 11.0. The molecule has 11 heteroatoms. The second-order valence-corrected chi connectivity index (χ2v) is 11.2. The molecule has 0 unspecified atom stereocenters. The molecule has 10 nitrogen and oxygen atoms in total. The smallest absolute Gasteiger partial charge is 0.391 e. The quantitative estimate of drug-likeness (QED) is 0.456. The minimum Gasteiger partial charge on any atom is -0.391 e.